The molecule has 0 spiro atoms. The third-order valence-corrected chi connectivity index (χ3v) is 5.74. The fourth-order valence-corrected chi connectivity index (χ4v) is 4.10. The van der Waals surface area contributed by atoms with Gasteiger partial charge >= 0.3 is 0 Å². The van der Waals surface area contributed by atoms with Crippen LogP contribution in [0.1, 0.15) is 5.56 Å². The van der Waals surface area contributed by atoms with Gasteiger partial charge in [-0.05, 0) is 73.0 Å². The summed E-state index contributed by atoms with van der Waals surface area (Å²) in [4.78, 5) is 26.6. The first-order valence-electron chi connectivity index (χ1n) is 10.0. The van der Waals surface area contributed by atoms with Crippen molar-refractivity contribution in [2.24, 2.45) is 7.05 Å². The molecular formula is C26H18F2N2O2. The van der Waals surface area contributed by atoms with Crippen molar-refractivity contribution in [3.63, 3.8) is 0 Å². The van der Waals surface area contributed by atoms with Gasteiger partial charge in [0.2, 0.25) is 0 Å². The monoisotopic (exact) mass is 428 g/mol. The van der Waals surface area contributed by atoms with Crippen LogP contribution in [-0.4, -0.2) is 9.13 Å². The SMILES string of the molecule is Cc1ccc2c(c1)cc(-c1cn(-c3ccc(F)cc3)c3cc(F)ccc3c1=O)c(=O)n2C. The minimum absolute atomic E-state index is 0.192. The Hall–Kier alpha value is -4.06. The maximum atomic E-state index is 14.1. The molecule has 5 aromatic rings. The summed E-state index contributed by atoms with van der Waals surface area (Å²) in [5.74, 6) is -0.915. The smallest absolute Gasteiger partial charge is 0.258 e. The number of rotatable bonds is 2. The topological polar surface area (TPSA) is 44.0 Å². The largest absolute Gasteiger partial charge is 0.316 e. The lowest BCUT2D eigenvalue weighted by molar-refractivity contribution is 0.626. The molecule has 0 atom stereocenters. The van der Waals surface area contributed by atoms with Gasteiger partial charge in [-0.25, -0.2) is 8.78 Å². The van der Waals surface area contributed by atoms with E-state index in [1.54, 1.807) is 17.7 Å². The minimum atomic E-state index is -0.502. The van der Waals surface area contributed by atoms with Crippen molar-refractivity contribution < 1.29 is 8.78 Å². The molecule has 0 fully saturated rings. The van der Waals surface area contributed by atoms with Gasteiger partial charge in [0.05, 0.1) is 22.2 Å². The zero-order chi connectivity index (χ0) is 22.6. The second kappa shape index (κ2) is 7.27. The quantitative estimate of drug-likeness (QED) is 0.393. The van der Waals surface area contributed by atoms with Gasteiger partial charge in [0.1, 0.15) is 11.6 Å². The van der Waals surface area contributed by atoms with Crippen LogP contribution in [0.2, 0.25) is 0 Å². The van der Waals surface area contributed by atoms with E-state index < -0.39 is 11.6 Å². The molecule has 0 N–H and O–H groups in total. The summed E-state index contributed by atoms with van der Waals surface area (Å²) >= 11 is 0. The van der Waals surface area contributed by atoms with Crippen molar-refractivity contribution >= 4 is 21.8 Å². The number of benzene rings is 3. The first-order chi connectivity index (χ1) is 15.3. The molecule has 158 valence electrons. The van der Waals surface area contributed by atoms with Crippen LogP contribution in [0.25, 0.3) is 38.6 Å². The van der Waals surface area contributed by atoms with Crippen LogP contribution in [0.15, 0.2) is 82.5 Å². The molecule has 0 saturated heterocycles. The molecular weight excluding hydrogens is 410 g/mol. The second-order valence-electron chi connectivity index (χ2n) is 7.86. The van der Waals surface area contributed by atoms with Crippen LogP contribution in [0.5, 0.6) is 0 Å². The molecule has 32 heavy (non-hydrogen) atoms. The summed E-state index contributed by atoms with van der Waals surface area (Å²) in [7, 11) is 1.67. The number of hydrogen-bond acceptors (Lipinski definition) is 2. The standard InChI is InChI=1S/C26H18F2N2O2/c1-15-3-10-23-16(11-15)12-21(26(32)29(23)2)22-14-30(19-7-4-17(27)5-8-19)24-13-18(28)6-9-20(24)25(22)31/h3-14H,1-2H3. The average Bonchev–Trinajstić information content (AvgIpc) is 2.77. The maximum absolute atomic E-state index is 14.1. The first-order valence-corrected chi connectivity index (χ1v) is 10.0. The molecule has 0 bridgehead atoms. The molecule has 5 rings (SSSR count). The lowest BCUT2D eigenvalue weighted by atomic mass is 10.0. The molecule has 0 aliphatic heterocycles. The fourth-order valence-electron chi connectivity index (χ4n) is 4.10. The van der Waals surface area contributed by atoms with E-state index in [0.717, 1.165) is 16.5 Å². The third-order valence-electron chi connectivity index (χ3n) is 5.74. The predicted molar refractivity (Wildman–Crippen MR) is 122 cm³/mol. The Bertz CT molecular complexity index is 1650. The van der Waals surface area contributed by atoms with Gasteiger partial charge in [0, 0.05) is 24.3 Å². The predicted octanol–water partition coefficient (Wildman–Crippen LogP) is 5.10. The van der Waals surface area contributed by atoms with Gasteiger partial charge in [0.15, 0.2) is 5.43 Å². The fraction of sp³-hybridized carbons (Fsp3) is 0.0769. The Morgan fingerprint density at radius 3 is 2.22 bits per heavy atom. The molecule has 0 saturated carbocycles. The summed E-state index contributed by atoms with van der Waals surface area (Å²) in [5.41, 5.74) is 2.41. The van der Waals surface area contributed by atoms with Gasteiger partial charge < -0.3 is 9.13 Å². The lowest BCUT2D eigenvalue weighted by Gasteiger charge is -2.15. The molecule has 0 unspecified atom stereocenters. The van der Waals surface area contributed by atoms with E-state index in [2.05, 4.69) is 0 Å². The average molecular weight is 428 g/mol. The number of halogens is 2. The molecule has 0 aliphatic rings. The molecule has 6 heteroatoms. The Morgan fingerprint density at radius 2 is 1.47 bits per heavy atom. The van der Waals surface area contributed by atoms with E-state index in [0.29, 0.717) is 11.2 Å². The van der Waals surface area contributed by atoms with Crippen molar-refractivity contribution in [1.82, 2.24) is 9.13 Å². The minimum Gasteiger partial charge on any atom is -0.316 e. The number of nitrogens with zero attached hydrogens (tertiary/aromatic N) is 2. The van der Waals surface area contributed by atoms with Crippen molar-refractivity contribution in [2.75, 3.05) is 0 Å². The van der Waals surface area contributed by atoms with Crippen LogP contribution in [0.4, 0.5) is 8.78 Å². The Morgan fingerprint density at radius 1 is 0.750 bits per heavy atom. The molecule has 0 aliphatic carbocycles. The second-order valence-corrected chi connectivity index (χ2v) is 7.86. The van der Waals surface area contributed by atoms with Crippen LogP contribution < -0.4 is 11.0 Å². The van der Waals surface area contributed by atoms with Gasteiger partial charge in [-0.3, -0.25) is 9.59 Å². The number of pyridine rings is 2. The maximum Gasteiger partial charge on any atom is 0.258 e. The highest BCUT2D eigenvalue weighted by Crippen LogP contribution is 2.25. The van der Waals surface area contributed by atoms with Crippen molar-refractivity contribution in [3.05, 3.63) is 111 Å². The van der Waals surface area contributed by atoms with Crippen LogP contribution in [0, 0.1) is 18.6 Å². The molecule has 4 nitrogen and oxygen atoms in total. The number of aryl methyl sites for hydroxylation is 2. The van der Waals surface area contributed by atoms with E-state index in [4.69, 9.17) is 0 Å². The van der Waals surface area contributed by atoms with Gasteiger partial charge in [-0.2, -0.15) is 0 Å². The lowest BCUT2D eigenvalue weighted by Crippen LogP contribution is -2.22. The zero-order valence-electron chi connectivity index (χ0n) is 17.4. The summed E-state index contributed by atoms with van der Waals surface area (Å²) in [5, 5.41) is 1.09. The van der Waals surface area contributed by atoms with E-state index >= 15 is 0 Å². The van der Waals surface area contributed by atoms with Gasteiger partial charge in [-0.15, -0.1) is 0 Å². The molecule has 2 heterocycles. The first kappa shape index (κ1) is 19.9. The van der Waals surface area contributed by atoms with Crippen LogP contribution in [0.3, 0.4) is 0 Å². The van der Waals surface area contributed by atoms with Gasteiger partial charge in [0.25, 0.3) is 5.56 Å². The Balaban J connectivity index is 1.90. The van der Waals surface area contributed by atoms with Crippen molar-refractivity contribution in [2.45, 2.75) is 6.92 Å². The highest BCUT2D eigenvalue weighted by molar-refractivity contribution is 5.89. The molecule has 0 radical (unpaired) electrons. The van der Waals surface area contributed by atoms with E-state index in [1.165, 1.54) is 53.2 Å². The Labute approximate surface area is 181 Å². The summed E-state index contributed by atoms with van der Waals surface area (Å²) in [6.07, 6.45) is 1.52. The van der Waals surface area contributed by atoms with E-state index in [9.17, 15) is 18.4 Å². The molecule has 3 aromatic carbocycles. The summed E-state index contributed by atoms with van der Waals surface area (Å²) < 4.78 is 30.7. The molecule has 0 amide bonds. The highest BCUT2D eigenvalue weighted by atomic mass is 19.1. The number of aromatic nitrogens is 2. The van der Waals surface area contributed by atoms with E-state index in [1.807, 2.05) is 25.1 Å². The summed E-state index contributed by atoms with van der Waals surface area (Å²) in [6, 6.07) is 17.0. The van der Waals surface area contributed by atoms with Crippen molar-refractivity contribution in [1.29, 1.82) is 0 Å². The Kier molecular flexibility index (Phi) is 4.51. The highest BCUT2D eigenvalue weighted by Gasteiger charge is 2.17. The van der Waals surface area contributed by atoms with E-state index in [-0.39, 0.29) is 27.5 Å². The van der Waals surface area contributed by atoms with Crippen LogP contribution >= 0.6 is 0 Å². The van der Waals surface area contributed by atoms with Gasteiger partial charge in [-0.1, -0.05) is 11.6 Å². The molecule has 2 aromatic heterocycles. The number of hydrogen-bond donors (Lipinski definition) is 0. The number of fused-ring (bicyclic) bond motifs is 2. The normalized spacial score (nSPS) is 11.4. The third kappa shape index (κ3) is 3.12. The van der Waals surface area contributed by atoms with Crippen molar-refractivity contribution in [3.8, 4) is 16.8 Å². The summed E-state index contributed by atoms with van der Waals surface area (Å²) in [6.45, 7) is 1.95. The zero-order valence-corrected chi connectivity index (χ0v) is 17.4. The van der Waals surface area contributed by atoms with Crippen LogP contribution in [-0.2, 0) is 7.05 Å².